The Morgan fingerprint density at radius 2 is 1.77 bits per heavy atom. The molecule has 1 N–H and O–H groups in total. The van der Waals surface area contributed by atoms with Crippen LogP contribution in [0.4, 0.5) is 5.82 Å². The van der Waals surface area contributed by atoms with E-state index in [0.717, 1.165) is 28.3 Å². The summed E-state index contributed by atoms with van der Waals surface area (Å²) in [5, 5.41) is 5.41. The van der Waals surface area contributed by atoms with E-state index in [0.29, 0.717) is 0 Å². The minimum Gasteiger partial charge on any atom is -0.261 e. The Bertz CT molecular complexity index is 853. The molecule has 0 amide bonds. The summed E-state index contributed by atoms with van der Waals surface area (Å²) in [6, 6.07) is 14.1. The van der Waals surface area contributed by atoms with E-state index in [-0.39, 0.29) is 0 Å². The van der Waals surface area contributed by atoms with Crippen LogP contribution in [0, 0.1) is 20.8 Å². The molecule has 0 bridgehead atoms. The van der Waals surface area contributed by atoms with Gasteiger partial charge in [-0.05, 0) is 50.1 Å². The zero-order chi connectivity index (χ0) is 15.5. The van der Waals surface area contributed by atoms with Gasteiger partial charge in [-0.3, -0.25) is 10.4 Å². The van der Waals surface area contributed by atoms with Crippen molar-refractivity contribution < 1.29 is 0 Å². The fraction of sp³-hybridized carbons (Fsp3) is 0.167. The van der Waals surface area contributed by atoms with Crippen molar-refractivity contribution in [2.75, 3.05) is 5.43 Å². The lowest BCUT2D eigenvalue weighted by Crippen LogP contribution is -1.97. The second-order valence-electron chi connectivity index (χ2n) is 5.37. The molecule has 0 radical (unpaired) electrons. The van der Waals surface area contributed by atoms with Gasteiger partial charge in [-0.25, -0.2) is 4.98 Å². The summed E-state index contributed by atoms with van der Waals surface area (Å²) in [6.07, 6.45) is 1.70. The predicted molar refractivity (Wildman–Crippen MR) is 91.4 cm³/mol. The van der Waals surface area contributed by atoms with Gasteiger partial charge in [-0.1, -0.05) is 24.3 Å². The summed E-state index contributed by atoms with van der Waals surface area (Å²) >= 11 is 0. The average Bonchev–Trinajstić information content (AvgIpc) is 2.49. The number of rotatable bonds is 3. The van der Waals surface area contributed by atoms with Gasteiger partial charge in [0.25, 0.3) is 0 Å². The Morgan fingerprint density at radius 1 is 0.955 bits per heavy atom. The summed E-state index contributed by atoms with van der Waals surface area (Å²) < 4.78 is 0. The molecule has 0 aliphatic carbocycles. The largest absolute Gasteiger partial charge is 0.261 e. The third-order valence-corrected chi connectivity index (χ3v) is 3.53. The van der Waals surface area contributed by atoms with Gasteiger partial charge in [0.15, 0.2) is 0 Å². The lowest BCUT2D eigenvalue weighted by Gasteiger charge is -2.07. The van der Waals surface area contributed by atoms with E-state index in [2.05, 4.69) is 52.5 Å². The minimum atomic E-state index is 0.739. The first-order chi connectivity index (χ1) is 10.6. The standard InChI is InChI=1S/C18H18N4/c1-12-6-4-9-16-13(2)10-17(21-18(12)16)22-19-11-15-8-5-7-14(3)20-15/h4-11H,1-3H3,(H,21,22)/b19-11+. The van der Waals surface area contributed by atoms with Gasteiger partial charge < -0.3 is 0 Å². The highest BCUT2D eigenvalue weighted by Crippen LogP contribution is 2.22. The minimum absolute atomic E-state index is 0.739. The molecule has 110 valence electrons. The van der Waals surface area contributed by atoms with Crippen LogP contribution in [0.2, 0.25) is 0 Å². The van der Waals surface area contributed by atoms with Crippen molar-refractivity contribution in [2.24, 2.45) is 5.10 Å². The molecule has 2 heterocycles. The number of para-hydroxylation sites is 1. The zero-order valence-corrected chi connectivity index (χ0v) is 13.0. The van der Waals surface area contributed by atoms with Crippen molar-refractivity contribution in [1.82, 2.24) is 9.97 Å². The van der Waals surface area contributed by atoms with E-state index in [1.165, 1.54) is 10.9 Å². The second kappa shape index (κ2) is 5.93. The molecule has 1 aromatic carbocycles. The first-order valence-corrected chi connectivity index (χ1v) is 7.23. The highest BCUT2D eigenvalue weighted by Gasteiger charge is 2.04. The Labute approximate surface area is 129 Å². The summed E-state index contributed by atoms with van der Waals surface area (Å²) in [5.74, 6) is 0.739. The number of hydrogen-bond donors (Lipinski definition) is 1. The fourth-order valence-corrected chi connectivity index (χ4v) is 2.42. The number of pyridine rings is 2. The molecule has 22 heavy (non-hydrogen) atoms. The van der Waals surface area contributed by atoms with Gasteiger partial charge in [-0.15, -0.1) is 0 Å². The fourth-order valence-electron chi connectivity index (χ4n) is 2.42. The molecule has 0 fully saturated rings. The second-order valence-corrected chi connectivity index (χ2v) is 5.37. The average molecular weight is 290 g/mol. The SMILES string of the molecule is Cc1cccc(/C=N/Nc2cc(C)c3cccc(C)c3n2)n1. The maximum atomic E-state index is 4.64. The van der Waals surface area contributed by atoms with Crippen molar-refractivity contribution in [3.05, 3.63) is 65.0 Å². The maximum absolute atomic E-state index is 4.64. The highest BCUT2D eigenvalue weighted by molar-refractivity contribution is 5.86. The number of nitrogens with zero attached hydrogens (tertiary/aromatic N) is 3. The maximum Gasteiger partial charge on any atom is 0.147 e. The lowest BCUT2D eigenvalue weighted by molar-refractivity contribution is 1.18. The van der Waals surface area contributed by atoms with Crippen molar-refractivity contribution in [2.45, 2.75) is 20.8 Å². The van der Waals surface area contributed by atoms with Crippen LogP contribution in [0.5, 0.6) is 0 Å². The highest BCUT2D eigenvalue weighted by atomic mass is 15.3. The monoisotopic (exact) mass is 290 g/mol. The molecule has 0 unspecified atom stereocenters. The number of nitrogens with one attached hydrogen (secondary N) is 1. The number of fused-ring (bicyclic) bond motifs is 1. The molecule has 0 atom stereocenters. The van der Waals surface area contributed by atoms with E-state index in [1.807, 2.05) is 31.2 Å². The number of aromatic nitrogens is 2. The van der Waals surface area contributed by atoms with Gasteiger partial charge in [0, 0.05) is 11.1 Å². The molecule has 3 rings (SSSR count). The molecular formula is C18H18N4. The van der Waals surface area contributed by atoms with Crippen molar-refractivity contribution in [1.29, 1.82) is 0 Å². The molecule has 0 spiro atoms. The third-order valence-electron chi connectivity index (χ3n) is 3.53. The Hall–Kier alpha value is -2.75. The molecular weight excluding hydrogens is 272 g/mol. The molecule has 2 aromatic heterocycles. The predicted octanol–water partition coefficient (Wildman–Crippen LogP) is 4.00. The number of aryl methyl sites for hydroxylation is 3. The van der Waals surface area contributed by atoms with Crippen LogP contribution in [-0.2, 0) is 0 Å². The van der Waals surface area contributed by atoms with Crippen LogP contribution in [0.15, 0.2) is 47.6 Å². The molecule has 0 aliphatic rings. The van der Waals surface area contributed by atoms with Crippen LogP contribution < -0.4 is 5.43 Å². The first-order valence-electron chi connectivity index (χ1n) is 7.23. The molecule has 3 aromatic rings. The van der Waals surface area contributed by atoms with Crippen LogP contribution in [0.25, 0.3) is 10.9 Å². The number of hydrogen-bond acceptors (Lipinski definition) is 4. The number of hydrazone groups is 1. The Kier molecular flexibility index (Phi) is 3.83. The first kappa shape index (κ1) is 14.2. The van der Waals surface area contributed by atoms with Gasteiger partial charge in [-0.2, -0.15) is 5.10 Å². The number of benzene rings is 1. The quantitative estimate of drug-likeness (QED) is 0.586. The third kappa shape index (κ3) is 2.96. The van der Waals surface area contributed by atoms with E-state index >= 15 is 0 Å². The Balaban J connectivity index is 1.87. The van der Waals surface area contributed by atoms with Crippen molar-refractivity contribution >= 4 is 22.9 Å². The summed E-state index contributed by atoms with van der Waals surface area (Å²) in [6.45, 7) is 6.11. The van der Waals surface area contributed by atoms with E-state index in [4.69, 9.17) is 0 Å². The molecule has 4 heteroatoms. The van der Waals surface area contributed by atoms with Crippen molar-refractivity contribution in [3.8, 4) is 0 Å². The molecule has 0 saturated heterocycles. The van der Waals surface area contributed by atoms with Gasteiger partial charge in [0.05, 0.1) is 17.4 Å². The van der Waals surface area contributed by atoms with Gasteiger partial charge in [0.1, 0.15) is 5.82 Å². The van der Waals surface area contributed by atoms with Crippen LogP contribution in [0.1, 0.15) is 22.5 Å². The van der Waals surface area contributed by atoms with E-state index < -0.39 is 0 Å². The van der Waals surface area contributed by atoms with Crippen LogP contribution in [-0.4, -0.2) is 16.2 Å². The zero-order valence-electron chi connectivity index (χ0n) is 13.0. The van der Waals surface area contributed by atoms with Crippen molar-refractivity contribution in [3.63, 3.8) is 0 Å². The summed E-state index contributed by atoms with van der Waals surface area (Å²) in [5.41, 5.74) is 8.13. The number of anilines is 1. The Morgan fingerprint density at radius 3 is 2.59 bits per heavy atom. The topological polar surface area (TPSA) is 50.2 Å². The summed E-state index contributed by atoms with van der Waals surface area (Å²) in [7, 11) is 0. The summed E-state index contributed by atoms with van der Waals surface area (Å²) in [4.78, 5) is 9.02. The molecule has 4 nitrogen and oxygen atoms in total. The van der Waals surface area contributed by atoms with E-state index in [1.54, 1.807) is 6.21 Å². The van der Waals surface area contributed by atoms with Gasteiger partial charge in [0.2, 0.25) is 0 Å². The van der Waals surface area contributed by atoms with E-state index in [9.17, 15) is 0 Å². The molecule has 0 saturated carbocycles. The lowest BCUT2D eigenvalue weighted by atomic mass is 10.1. The smallest absolute Gasteiger partial charge is 0.147 e. The van der Waals surface area contributed by atoms with Crippen LogP contribution in [0.3, 0.4) is 0 Å². The molecule has 0 aliphatic heterocycles. The normalized spacial score (nSPS) is 11.2. The van der Waals surface area contributed by atoms with Crippen LogP contribution >= 0.6 is 0 Å². The van der Waals surface area contributed by atoms with Gasteiger partial charge >= 0.3 is 0 Å².